The minimum atomic E-state index is -4.15. The van der Waals surface area contributed by atoms with Crippen LogP contribution in [0.4, 0.5) is 17.6 Å². The lowest BCUT2D eigenvalue weighted by atomic mass is 10.0. The summed E-state index contributed by atoms with van der Waals surface area (Å²) in [5.41, 5.74) is -1.54. The second kappa shape index (κ2) is 9.75. The van der Waals surface area contributed by atoms with Gasteiger partial charge >= 0.3 is 5.38 Å². The third-order valence-electron chi connectivity index (χ3n) is 4.90. The monoisotopic (exact) mass is 438 g/mol. The molecule has 1 aromatic carbocycles. The van der Waals surface area contributed by atoms with E-state index in [9.17, 15) is 17.6 Å². The number of ether oxygens (including phenoxy) is 4. The Morgan fingerprint density at radius 3 is 2.14 bits per heavy atom. The highest BCUT2D eigenvalue weighted by molar-refractivity contribution is 6.21. The van der Waals surface area contributed by atoms with Crippen LogP contribution >= 0.6 is 11.6 Å². The van der Waals surface area contributed by atoms with E-state index in [0.29, 0.717) is 19.1 Å². The topological polar surface area (TPSA) is 36.9 Å². The van der Waals surface area contributed by atoms with Gasteiger partial charge in [-0.05, 0) is 43.5 Å². The van der Waals surface area contributed by atoms with E-state index in [1.807, 2.05) is 13.0 Å². The number of benzene rings is 1. The Labute approximate surface area is 171 Å². The molecule has 0 aliphatic carbocycles. The molecule has 0 bridgehead atoms. The maximum Gasteiger partial charge on any atom is 0.353 e. The summed E-state index contributed by atoms with van der Waals surface area (Å²) in [6, 6.07) is 1.48. The highest BCUT2D eigenvalue weighted by Crippen LogP contribution is 2.38. The second-order valence-corrected chi connectivity index (χ2v) is 7.64. The Hall–Kier alpha value is -1.19. The lowest BCUT2D eigenvalue weighted by Gasteiger charge is -2.37. The summed E-state index contributed by atoms with van der Waals surface area (Å²) in [5, 5.41) is -4.15. The van der Waals surface area contributed by atoms with Crippen molar-refractivity contribution >= 4 is 11.6 Å². The minimum absolute atomic E-state index is 0.0439. The Morgan fingerprint density at radius 1 is 1.03 bits per heavy atom. The van der Waals surface area contributed by atoms with Gasteiger partial charge < -0.3 is 18.9 Å². The molecule has 2 saturated heterocycles. The van der Waals surface area contributed by atoms with Crippen LogP contribution in [0.1, 0.15) is 37.2 Å². The fourth-order valence-electron chi connectivity index (χ4n) is 3.36. The van der Waals surface area contributed by atoms with E-state index in [2.05, 4.69) is 6.08 Å². The molecule has 162 valence electrons. The van der Waals surface area contributed by atoms with Crippen LogP contribution in [0.3, 0.4) is 0 Å². The van der Waals surface area contributed by atoms with Crippen LogP contribution in [0.15, 0.2) is 24.3 Å². The zero-order chi connectivity index (χ0) is 21.0. The molecular formula is C20H23ClF4O4. The van der Waals surface area contributed by atoms with Gasteiger partial charge in [0.25, 0.3) is 0 Å². The SMILES string of the molecule is C/C=C/CCC1COC(C2COC(c3cc(F)c(C(F)(F)Cl)c(F)c3)OC2)OC1. The van der Waals surface area contributed by atoms with Crippen molar-refractivity contribution in [2.24, 2.45) is 11.8 Å². The minimum Gasteiger partial charge on any atom is -0.352 e. The molecule has 0 aromatic heterocycles. The van der Waals surface area contributed by atoms with Crippen molar-refractivity contribution in [2.75, 3.05) is 26.4 Å². The standard InChI is InChI=1S/C20H23ClF4O4/c1-2-3-4-5-12-8-26-19(27-9-12)14-10-28-18(29-11-14)13-6-15(22)17(16(23)7-13)20(21,24)25/h2-3,6-7,12,14,18-19H,4-5,8-11H2,1H3/b3-2+. The number of alkyl halides is 3. The van der Waals surface area contributed by atoms with E-state index >= 15 is 0 Å². The first-order valence-corrected chi connectivity index (χ1v) is 9.81. The van der Waals surface area contributed by atoms with Crippen molar-refractivity contribution in [3.63, 3.8) is 0 Å². The van der Waals surface area contributed by atoms with Gasteiger partial charge in [0, 0.05) is 11.5 Å². The molecule has 2 fully saturated rings. The van der Waals surface area contributed by atoms with Gasteiger partial charge in [-0.25, -0.2) is 8.78 Å². The number of hydrogen-bond donors (Lipinski definition) is 0. The van der Waals surface area contributed by atoms with Gasteiger partial charge in [-0.1, -0.05) is 12.2 Å². The van der Waals surface area contributed by atoms with Crippen molar-refractivity contribution < 1.29 is 36.5 Å². The van der Waals surface area contributed by atoms with Gasteiger partial charge in [-0.3, -0.25) is 0 Å². The zero-order valence-electron chi connectivity index (χ0n) is 15.9. The molecular weight excluding hydrogens is 416 g/mol. The summed E-state index contributed by atoms with van der Waals surface area (Å²) in [6.45, 7) is 3.48. The molecule has 0 radical (unpaired) electrons. The van der Waals surface area contributed by atoms with E-state index in [4.69, 9.17) is 30.5 Å². The predicted molar refractivity (Wildman–Crippen MR) is 97.5 cm³/mol. The van der Waals surface area contributed by atoms with Gasteiger partial charge in [-0.15, -0.1) is 0 Å². The highest BCUT2D eigenvalue weighted by Gasteiger charge is 2.38. The Kier molecular flexibility index (Phi) is 7.56. The highest BCUT2D eigenvalue weighted by atomic mass is 35.5. The van der Waals surface area contributed by atoms with Crippen LogP contribution < -0.4 is 0 Å². The molecule has 0 N–H and O–H groups in total. The van der Waals surface area contributed by atoms with Gasteiger partial charge in [0.15, 0.2) is 12.6 Å². The van der Waals surface area contributed by atoms with Crippen LogP contribution in [-0.4, -0.2) is 32.7 Å². The summed E-state index contributed by atoms with van der Waals surface area (Å²) in [7, 11) is 0. The lowest BCUT2D eigenvalue weighted by molar-refractivity contribution is -0.283. The molecule has 2 heterocycles. The fraction of sp³-hybridized carbons (Fsp3) is 0.600. The first-order valence-electron chi connectivity index (χ1n) is 9.43. The largest absolute Gasteiger partial charge is 0.353 e. The van der Waals surface area contributed by atoms with Crippen molar-refractivity contribution in [2.45, 2.75) is 37.7 Å². The number of halogens is 5. The van der Waals surface area contributed by atoms with Crippen LogP contribution in [0.2, 0.25) is 0 Å². The van der Waals surface area contributed by atoms with E-state index in [0.717, 1.165) is 25.0 Å². The lowest BCUT2D eigenvalue weighted by Crippen LogP contribution is -2.43. The molecule has 4 nitrogen and oxygen atoms in total. The molecule has 0 amide bonds. The van der Waals surface area contributed by atoms with E-state index in [1.54, 1.807) is 0 Å². The van der Waals surface area contributed by atoms with Gasteiger partial charge in [0.2, 0.25) is 0 Å². The summed E-state index contributed by atoms with van der Waals surface area (Å²) in [6.07, 6.45) is 4.49. The maximum atomic E-state index is 13.9. The molecule has 3 rings (SSSR count). The Balaban J connectivity index is 1.52. The first kappa shape index (κ1) is 22.5. The zero-order valence-corrected chi connectivity index (χ0v) is 16.6. The summed E-state index contributed by atoms with van der Waals surface area (Å²) in [5.74, 6) is -2.80. The van der Waals surface area contributed by atoms with Crippen LogP contribution in [0.5, 0.6) is 0 Å². The number of allylic oxidation sites excluding steroid dienone is 2. The average Bonchev–Trinajstić information content (AvgIpc) is 2.67. The Morgan fingerprint density at radius 2 is 1.62 bits per heavy atom. The van der Waals surface area contributed by atoms with Gasteiger partial charge in [0.1, 0.15) is 17.2 Å². The summed E-state index contributed by atoms with van der Waals surface area (Å²) >= 11 is 4.75. The molecule has 0 spiro atoms. The second-order valence-electron chi connectivity index (χ2n) is 7.16. The average molecular weight is 439 g/mol. The van der Waals surface area contributed by atoms with Crippen LogP contribution in [-0.2, 0) is 24.3 Å². The molecule has 0 unspecified atom stereocenters. The van der Waals surface area contributed by atoms with Crippen LogP contribution in [0, 0.1) is 23.5 Å². The number of rotatable bonds is 6. The van der Waals surface area contributed by atoms with Crippen molar-refractivity contribution in [1.82, 2.24) is 0 Å². The first-order chi connectivity index (χ1) is 13.8. The molecule has 2 aliphatic rings. The van der Waals surface area contributed by atoms with Crippen molar-refractivity contribution in [3.8, 4) is 0 Å². The Bertz CT molecular complexity index is 686. The summed E-state index contributed by atoms with van der Waals surface area (Å²) < 4.78 is 76.7. The number of hydrogen-bond acceptors (Lipinski definition) is 4. The van der Waals surface area contributed by atoms with Gasteiger partial charge in [0.05, 0.1) is 32.3 Å². The smallest absolute Gasteiger partial charge is 0.352 e. The molecule has 1 aromatic rings. The molecule has 0 saturated carbocycles. The van der Waals surface area contributed by atoms with E-state index < -0.39 is 35.2 Å². The molecule has 0 atom stereocenters. The molecule has 9 heteroatoms. The fourth-order valence-corrected chi connectivity index (χ4v) is 3.54. The van der Waals surface area contributed by atoms with E-state index in [-0.39, 0.29) is 24.7 Å². The summed E-state index contributed by atoms with van der Waals surface area (Å²) in [4.78, 5) is 0. The molecule has 29 heavy (non-hydrogen) atoms. The van der Waals surface area contributed by atoms with Crippen molar-refractivity contribution in [1.29, 1.82) is 0 Å². The van der Waals surface area contributed by atoms with Crippen molar-refractivity contribution in [3.05, 3.63) is 47.0 Å². The maximum absolute atomic E-state index is 13.9. The normalized spacial score (nSPS) is 28.8. The third-order valence-corrected chi connectivity index (χ3v) is 5.09. The quantitative estimate of drug-likeness (QED) is 0.345. The third kappa shape index (κ3) is 5.70. The van der Waals surface area contributed by atoms with Crippen LogP contribution in [0.25, 0.3) is 0 Å². The van der Waals surface area contributed by atoms with E-state index in [1.165, 1.54) is 0 Å². The predicted octanol–water partition coefficient (Wildman–Crippen LogP) is 5.26. The molecule has 2 aliphatic heterocycles. The van der Waals surface area contributed by atoms with Gasteiger partial charge in [-0.2, -0.15) is 8.78 Å².